The van der Waals surface area contributed by atoms with E-state index in [1.54, 1.807) is 6.07 Å². The van der Waals surface area contributed by atoms with E-state index >= 15 is 0 Å². The molecule has 1 aliphatic rings. The summed E-state index contributed by atoms with van der Waals surface area (Å²) in [5.74, 6) is 0.802. The van der Waals surface area contributed by atoms with Crippen molar-refractivity contribution in [1.29, 1.82) is 0 Å². The summed E-state index contributed by atoms with van der Waals surface area (Å²) in [7, 11) is 0. The van der Waals surface area contributed by atoms with Gasteiger partial charge < -0.3 is 4.74 Å². The lowest BCUT2D eigenvalue weighted by Crippen LogP contribution is -2.18. The highest BCUT2D eigenvalue weighted by Gasteiger charge is 2.30. The summed E-state index contributed by atoms with van der Waals surface area (Å²) in [4.78, 5) is 11.6. The summed E-state index contributed by atoms with van der Waals surface area (Å²) < 4.78 is 6.41. The lowest BCUT2D eigenvalue weighted by Gasteiger charge is -2.04. The molecule has 2 rings (SSSR count). The molecule has 1 aromatic rings. The normalized spacial score (nSPS) is 19.8. The van der Waals surface area contributed by atoms with Gasteiger partial charge in [0, 0.05) is 4.47 Å². The lowest BCUT2D eigenvalue weighted by atomic mass is 10.1. The van der Waals surface area contributed by atoms with Crippen LogP contribution in [-0.4, -0.2) is 11.9 Å². The predicted octanol–water partition coefficient (Wildman–Crippen LogP) is 2.80. The summed E-state index contributed by atoms with van der Waals surface area (Å²) in [5, 5.41) is 0. The first-order valence-electron chi connectivity index (χ1n) is 4.22. The van der Waals surface area contributed by atoms with Crippen LogP contribution in [0.4, 0.5) is 0 Å². The number of fused-ring (bicyclic) bond motifs is 1. The standard InChI is InChI=1S/C10H9BrO2/c1-2-8-10(12)7-4-3-6(11)5-9(7)13-8/h3-5,8H,2H2,1H3. The molecule has 68 valence electrons. The Labute approximate surface area is 85.0 Å². The molecule has 1 atom stereocenters. The molecule has 0 N–H and O–H groups in total. The van der Waals surface area contributed by atoms with Crippen molar-refractivity contribution in [3.8, 4) is 5.75 Å². The average Bonchev–Trinajstić information content (AvgIpc) is 2.42. The molecule has 0 aromatic heterocycles. The zero-order valence-electron chi connectivity index (χ0n) is 7.21. The zero-order chi connectivity index (χ0) is 9.42. The Morgan fingerprint density at radius 3 is 3.00 bits per heavy atom. The maximum absolute atomic E-state index is 11.6. The number of hydrogen-bond donors (Lipinski definition) is 0. The molecule has 0 aliphatic carbocycles. The first kappa shape index (κ1) is 8.75. The van der Waals surface area contributed by atoms with Crippen molar-refractivity contribution in [2.45, 2.75) is 19.4 Å². The van der Waals surface area contributed by atoms with E-state index in [1.165, 1.54) is 0 Å². The Hall–Kier alpha value is -0.830. The third-order valence-electron chi connectivity index (χ3n) is 2.14. The second-order valence-corrected chi connectivity index (χ2v) is 3.94. The molecule has 0 saturated heterocycles. The summed E-state index contributed by atoms with van der Waals surface area (Å²) in [6.07, 6.45) is 0.454. The predicted molar refractivity (Wildman–Crippen MR) is 53.2 cm³/mol. The molecule has 1 aliphatic heterocycles. The van der Waals surface area contributed by atoms with Gasteiger partial charge in [-0.15, -0.1) is 0 Å². The highest BCUT2D eigenvalue weighted by molar-refractivity contribution is 9.10. The van der Waals surface area contributed by atoms with Crippen LogP contribution in [0.1, 0.15) is 23.7 Å². The number of halogens is 1. The average molecular weight is 241 g/mol. The number of Topliss-reactive ketones (excluding diaryl/α,β-unsaturated/α-hetero) is 1. The van der Waals surface area contributed by atoms with E-state index in [4.69, 9.17) is 4.74 Å². The van der Waals surface area contributed by atoms with E-state index in [1.807, 2.05) is 19.1 Å². The largest absolute Gasteiger partial charge is 0.481 e. The van der Waals surface area contributed by atoms with Crippen LogP contribution >= 0.6 is 15.9 Å². The quantitative estimate of drug-likeness (QED) is 0.755. The Balaban J connectivity index is 2.44. The molecule has 0 bridgehead atoms. The SMILES string of the molecule is CCC1Oc2cc(Br)ccc2C1=O. The minimum Gasteiger partial charge on any atom is -0.481 e. The van der Waals surface area contributed by atoms with Crippen LogP contribution in [-0.2, 0) is 0 Å². The number of rotatable bonds is 1. The fourth-order valence-corrected chi connectivity index (χ4v) is 1.79. The van der Waals surface area contributed by atoms with Gasteiger partial charge in [0.15, 0.2) is 6.10 Å². The fraction of sp³-hybridized carbons (Fsp3) is 0.300. The molecule has 3 heteroatoms. The number of ketones is 1. The maximum Gasteiger partial charge on any atom is 0.206 e. The smallest absolute Gasteiger partial charge is 0.206 e. The van der Waals surface area contributed by atoms with Crippen molar-refractivity contribution in [1.82, 2.24) is 0 Å². The topological polar surface area (TPSA) is 26.3 Å². The van der Waals surface area contributed by atoms with E-state index in [9.17, 15) is 4.79 Å². The summed E-state index contributed by atoms with van der Waals surface area (Å²) >= 11 is 3.34. The van der Waals surface area contributed by atoms with Crippen molar-refractivity contribution >= 4 is 21.7 Å². The summed E-state index contributed by atoms with van der Waals surface area (Å²) in [6, 6.07) is 5.50. The van der Waals surface area contributed by atoms with Gasteiger partial charge >= 0.3 is 0 Å². The highest BCUT2D eigenvalue weighted by atomic mass is 79.9. The van der Waals surface area contributed by atoms with E-state index in [0.717, 1.165) is 10.9 Å². The molecule has 0 fully saturated rings. The second-order valence-electron chi connectivity index (χ2n) is 3.02. The van der Waals surface area contributed by atoms with Gasteiger partial charge in [-0.2, -0.15) is 0 Å². The molecule has 1 aromatic carbocycles. The van der Waals surface area contributed by atoms with Gasteiger partial charge in [0.2, 0.25) is 5.78 Å². The molecular formula is C10H9BrO2. The van der Waals surface area contributed by atoms with E-state index in [-0.39, 0.29) is 11.9 Å². The molecule has 2 nitrogen and oxygen atoms in total. The van der Waals surface area contributed by atoms with Crippen LogP contribution in [0, 0.1) is 0 Å². The molecule has 0 amide bonds. The molecule has 13 heavy (non-hydrogen) atoms. The lowest BCUT2D eigenvalue weighted by molar-refractivity contribution is 0.0853. The van der Waals surface area contributed by atoms with Crippen molar-refractivity contribution in [3.05, 3.63) is 28.2 Å². The number of carbonyl (C=O) groups is 1. The van der Waals surface area contributed by atoms with Crippen molar-refractivity contribution in [3.63, 3.8) is 0 Å². The number of carbonyl (C=O) groups excluding carboxylic acids is 1. The number of ether oxygens (including phenoxy) is 1. The van der Waals surface area contributed by atoms with Gasteiger partial charge in [0.05, 0.1) is 5.56 Å². The Morgan fingerprint density at radius 1 is 1.54 bits per heavy atom. The van der Waals surface area contributed by atoms with Crippen molar-refractivity contribution in [2.75, 3.05) is 0 Å². The van der Waals surface area contributed by atoms with Crippen LogP contribution in [0.5, 0.6) is 5.75 Å². The molecule has 1 unspecified atom stereocenters. The first-order chi connectivity index (χ1) is 6.22. The minimum atomic E-state index is -0.274. The Morgan fingerprint density at radius 2 is 2.31 bits per heavy atom. The monoisotopic (exact) mass is 240 g/mol. The Bertz CT molecular complexity index is 360. The molecule has 1 heterocycles. The van der Waals surface area contributed by atoms with Gasteiger partial charge in [-0.05, 0) is 24.6 Å². The van der Waals surface area contributed by atoms with Gasteiger partial charge in [-0.25, -0.2) is 0 Å². The molecule has 0 spiro atoms. The van der Waals surface area contributed by atoms with Crippen molar-refractivity contribution < 1.29 is 9.53 Å². The van der Waals surface area contributed by atoms with Crippen LogP contribution in [0.3, 0.4) is 0 Å². The third kappa shape index (κ3) is 1.37. The zero-order valence-corrected chi connectivity index (χ0v) is 8.80. The fourth-order valence-electron chi connectivity index (χ4n) is 1.45. The maximum atomic E-state index is 11.6. The molecular weight excluding hydrogens is 232 g/mol. The summed E-state index contributed by atoms with van der Waals surface area (Å²) in [6.45, 7) is 1.95. The highest BCUT2D eigenvalue weighted by Crippen LogP contribution is 2.32. The first-order valence-corrected chi connectivity index (χ1v) is 5.02. The van der Waals surface area contributed by atoms with Gasteiger partial charge in [0.25, 0.3) is 0 Å². The number of benzene rings is 1. The molecule has 0 saturated carbocycles. The summed E-state index contributed by atoms with van der Waals surface area (Å²) in [5.41, 5.74) is 0.704. The van der Waals surface area contributed by atoms with Gasteiger partial charge in [0.1, 0.15) is 5.75 Å². The Kier molecular flexibility index (Phi) is 2.12. The third-order valence-corrected chi connectivity index (χ3v) is 2.63. The number of hydrogen-bond acceptors (Lipinski definition) is 2. The van der Waals surface area contributed by atoms with E-state index in [0.29, 0.717) is 11.3 Å². The van der Waals surface area contributed by atoms with Crippen LogP contribution in [0.2, 0.25) is 0 Å². The van der Waals surface area contributed by atoms with Crippen LogP contribution in [0.25, 0.3) is 0 Å². The van der Waals surface area contributed by atoms with E-state index < -0.39 is 0 Å². The second kappa shape index (κ2) is 3.14. The molecule has 0 radical (unpaired) electrons. The van der Waals surface area contributed by atoms with Crippen LogP contribution < -0.4 is 4.74 Å². The van der Waals surface area contributed by atoms with Gasteiger partial charge in [-0.1, -0.05) is 22.9 Å². The van der Waals surface area contributed by atoms with E-state index in [2.05, 4.69) is 15.9 Å². The van der Waals surface area contributed by atoms with Crippen LogP contribution in [0.15, 0.2) is 22.7 Å². The van der Waals surface area contributed by atoms with Crippen molar-refractivity contribution in [2.24, 2.45) is 0 Å². The van der Waals surface area contributed by atoms with Gasteiger partial charge in [-0.3, -0.25) is 4.79 Å². The minimum absolute atomic E-state index is 0.102.